The first-order valence-corrected chi connectivity index (χ1v) is 7.41. The number of hydrogen-bond acceptors (Lipinski definition) is 2. The number of urea groups is 1. The Bertz CT molecular complexity index is 690. The Morgan fingerprint density at radius 1 is 1.05 bits per heavy atom. The van der Waals surface area contributed by atoms with Crippen molar-refractivity contribution >= 4 is 34.9 Å². The van der Waals surface area contributed by atoms with E-state index in [0.717, 1.165) is 5.56 Å². The van der Waals surface area contributed by atoms with Crippen LogP contribution in [0.5, 0.6) is 5.75 Å². The van der Waals surface area contributed by atoms with E-state index >= 15 is 0 Å². The van der Waals surface area contributed by atoms with Crippen molar-refractivity contribution < 1.29 is 9.53 Å². The quantitative estimate of drug-likeness (QED) is 0.789. The van der Waals surface area contributed by atoms with Gasteiger partial charge < -0.3 is 15.4 Å². The third-order valence-electron chi connectivity index (χ3n) is 3.13. The molecule has 0 fully saturated rings. The first-order chi connectivity index (χ1) is 10.5. The summed E-state index contributed by atoms with van der Waals surface area (Å²) in [5.41, 5.74) is 2.88. The van der Waals surface area contributed by atoms with Gasteiger partial charge in [-0.1, -0.05) is 29.3 Å². The van der Waals surface area contributed by atoms with Crippen molar-refractivity contribution in [2.75, 3.05) is 12.0 Å². The third kappa shape index (κ3) is 4.55. The molecular formula is C16H16Cl2N2O2. The fourth-order valence-electron chi connectivity index (χ4n) is 1.74. The fourth-order valence-corrected chi connectivity index (χ4v) is 2.04. The summed E-state index contributed by atoms with van der Waals surface area (Å²) in [7, 11) is 0. The summed E-state index contributed by atoms with van der Waals surface area (Å²) < 4.78 is 5.47. The molecule has 2 aromatic rings. The van der Waals surface area contributed by atoms with Gasteiger partial charge in [-0.2, -0.15) is 0 Å². The Labute approximate surface area is 139 Å². The molecule has 0 spiro atoms. The maximum atomic E-state index is 11.7. The zero-order valence-electron chi connectivity index (χ0n) is 12.2. The summed E-state index contributed by atoms with van der Waals surface area (Å²) in [6.07, 6.45) is 0. The highest BCUT2D eigenvalue weighted by atomic mass is 35.5. The summed E-state index contributed by atoms with van der Waals surface area (Å²) >= 11 is 11.7. The molecule has 2 amide bonds. The summed E-state index contributed by atoms with van der Waals surface area (Å²) in [5.74, 6) is 0.706. The minimum atomic E-state index is -0.387. The van der Waals surface area contributed by atoms with Crippen LogP contribution in [0.2, 0.25) is 10.0 Å². The van der Waals surface area contributed by atoms with E-state index in [4.69, 9.17) is 27.9 Å². The van der Waals surface area contributed by atoms with Crippen LogP contribution in [-0.4, -0.2) is 12.8 Å². The van der Waals surface area contributed by atoms with Crippen LogP contribution in [-0.2, 0) is 0 Å². The number of halogens is 2. The maximum absolute atomic E-state index is 11.7. The fraction of sp³-hybridized carbons (Fsp3) is 0.188. The molecule has 0 aliphatic heterocycles. The highest BCUT2D eigenvalue weighted by molar-refractivity contribution is 6.42. The van der Waals surface area contributed by atoms with E-state index < -0.39 is 0 Å². The molecule has 6 heteroatoms. The lowest BCUT2D eigenvalue weighted by molar-refractivity contribution is 0.234. The van der Waals surface area contributed by atoms with Gasteiger partial charge in [-0.25, -0.2) is 4.79 Å². The van der Waals surface area contributed by atoms with Crippen LogP contribution in [0.25, 0.3) is 0 Å². The van der Waals surface area contributed by atoms with Gasteiger partial charge in [0.1, 0.15) is 5.75 Å². The molecular weight excluding hydrogens is 323 g/mol. The predicted octanol–water partition coefficient (Wildman–Crippen LogP) is 4.77. The van der Waals surface area contributed by atoms with E-state index in [1.54, 1.807) is 18.2 Å². The van der Waals surface area contributed by atoms with E-state index in [1.165, 1.54) is 5.56 Å². The zero-order valence-corrected chi connectivity index (χ0v) is 13.8. The first kappa shape index (κ1) is 16.5. The Hall–Kier alpha value is -1.91. The average Bonchev–Trinajstić information content (AvgIpc) is 2.47. The molecule has 2 rings (SSSR count). The van der Waals surface area contributed by atoms with E-state index in [0.29, 0.717) is 21.5 Å². The molecule has 0 saturated heterocycles. The number of rotatable bonds is 4. The molecule has 0 saturated carbocycles. The molecule has 0 heterocycles. The van der Waals surface area contributed by atoms with Gasteiger partial charge in [-0.05, 0) is 55.3 Å². The number of ether oxygens (including phenoxy) is 1. The van der Waals surface area contributed by atoms with E-state index in [2.05, 4.69) is 10.6 Å². The highest BCUT2D eigenvalue weighted by Gasteiger charge is 2.04. The molecule has 0 atom stereocenters. The van der Waals surface area contributed by atoms with Crippen molar-refractivity contribution in [1.29, 1.82) is 0 Å². The second-order valence-corrected chi connectivity index (χ2v) is 5.61. The number of aryl methyl sites for hydroxylation is 2. The SMILES string of the molecule is Cc1ccc(OCNC(=O)Nc2ccc(Cl)c(Cl)c2)cc1C. The summed E-state index contributed by atoms with van der Waals surface area (Å²) in [5, 5.41) is 6.06. The molecule has 4 nitrogen and oxygen atoms in total. The molecule has 0 aliphatic rings. The standard InChI is InChI=1S/C16H16Cl2N2O2/c1-10-3-5-13(7-11(10)2)22-9-19-16(21)20-12-4-6-14(17)15(18)8-12/h3-8H,9H2,1-2H3,(H2,19,20,21). The lowest BCUT2D eigenvalue weighted by atomic mass is 10.1. The predicted molar refractivity (Wildman–Crippen MR) is 90.0 cm³/mol. The van der Waals surface area contributed by atoms with Crippen molar-refractivity contribution in [2.45, 2.75) is 13.8 Å². The summed E-state index contributed by atoms with van der Waals surface area (Å²) in [4.78, 5) is 11.7. The number of anilines is 1. The molecule has 2 aromatic carbocycles. The Balaban J connectivity index is 1.82. The second kappa shape index (κ2) is 7.38. The van der Waals surface area contributed by atoms with Crippen molar-refractivity contribution in [3.05, 3.63) is 57.6 Å². The largest absolute Gasteiger partial charge is 0.473 e. The first-order valence-electron chi connectivity index (χ1n) is 6.65. The Morgan fingerprint density at radius 2 is 1.82 bits per heavy atom. The van der Waals surface area contributed by atoms with Crippen LogP contribution in [0.4, 0.5) is 10.5 Å². The normalized spacial score (nSPS) is 10.2. The topological polar surface area (TPSA) is 50.4 Å². The van der Waals surface area contributed by atoms with Crippen LogP contribution in [0.3, 0.4) is 0 Å². The van der Waals surface area contributed by atoms with Gasteiger partial charge in [-0.15, -0.1) is 0 Å². The third-order valence-corrected chi connectivity index (χ3v) is 3.87. The van der Waals surface area contributed by atoms with Crippen molar-refractivity contribution in [2.24, 2.45) is 0 Å². The highest BCUT2D eigenvalue weighted by Crippen LogP contribution is 2.24. The second-order valence-electron chi connectivity index (χ2n) is 4.79. The molecule has 0 unspecified atom stereocenters. The lowest BCUT2D eigenvalue weighted by Gasteiger charge is -2.11. The van der Waals surface area contributed by atoms with Crippen LogP contribution < -0.4 is 15.4 Å². The van der Waals surface area contributed by atoms with Gasteiger partial charge in [0.25, 0.3) is 0 Å². The minimum absolute atomic E-state index is 0.0651. The maximum Gasteiger partial charge on any atom is 0.321 e. The molecule has 0 aliphatic carbocycles. The number of benzene rings is 2. The molecule has 22 heavy (non-hydrogen) atoms. The molecule has 116 valence electrons. The van der Waals surface area contributed by atoms with Gasteiger partial charge in [0.2, 0.25) is 0 Å². The van der Waals surface area contributed by atoms with Gasteiger partial charge >= 0.3 is 6.03 Å². The van der Waals surface area contributed by atoms with Gasteiger partial charge in [-0.3, -0.25) is 0 Å². The van der Waals surface area contributed by atoms with E-state index in [-0.39, 0.29) is 12.8 Å². The van der Waals surface area contributed by atoms with Gasteiger partial charge in [0.15, 0.2) is 6.73 Å². The van der Waals surface area contributed by atoms with Crippen LogP contribution in [0.1, 0.15) is 11.1 Å². The lowest BCUT2D eigenvalue weighted by Crippen LogP contribution is -2.32. The van der Waals surface area contributed by atoms with Crippen LogP contribution in [0, 0.1) is 13.8 Å². The number of amides is 2. The molecule has 2 N–H and O–H groups in total. The summed E-state index contributed by atoms with van der Waals surface area (Å²) in [6, 6.07) is 10.2. The number of hydrogen-bond donors (Lipinski definition) is 2. The van der Waals surface area contributed by atoms with Gasteiger partial charge in [0, 0.05) is 5.69 Å². The minimum Gasteiger partial charge on any atom is -0.473 e. The Kier molecular flexibility index (Phi) is 5.52. The number of carbonyl (C=O) groups is 1. The van der Waals surface area contributed by atoms with Crippen molar-refractivity contribution in [1.82, 2.24) is 5.32 Å². The van der Waals surface area contributed by atoms with E-state index in [9.17, 15) is 4.79 Å². The van der Waals surface area contributed by atoms with Crippen molar-refractivity contribution in [3.63, 3.8) is 0 Å². The van der Waals surface area contributed by atoms with Crippen molar-refractivity contribution in [3.8, 4) is 5.75 Å². The smallest absolute Gasteiger partial charge is 0.321 e. The van der Waals surface area contributed by atoms with E-state index in [1.807, 2.05) is 32.0 Å². The number of nitrogens with one attached hydrogen (secondary N) is 2. The number of carbonyl (C=O) groups excluding carboxylic acids is 1. The van der Waals surface area contributed by atoms with Crippen LogP contribution >= 0.6 is 23.2 Å². The van der Waals surface area contributed by atoms with Gasteiger partial charge in [0.05, 0.1) is 10.0 Å². The molecule has 0 aromatic heterocycles. The zero-order chi connectivity index (χ0) is 16.1. The summed E-state index contributed by atoms with van der Waals surface area (Å²) in [6.45, 7) is 4.10. The average molecular weight is 339 g/mol. The monoisotopic (exact) mass is 338 g/mol. The molecule has 0 radical (unpaired) electrons. The van der Waals surface area contributed by atoms with Crippen LogP contribution in [0.15, 0.2) is 36.4 Å². The Morgan fingerprint density at radius 3 is 2.50 bits per heavy atom. The molecule has 0 bridgehead atoms.